The Balaban J connectivity index is 2.34. The zero-order chi connectivity index (χ0) is 8.10. The maximum Gasteiger partial charge on any atom is 0.0528 e. The topological polar surface area (TPSA) is 9.23 Å². The van der Waals surface area contributed by atoms with Gasteiger partial charge in [0.15, 0.2) is 0 Å². The predicted octanol–water partition coefficient (Wildman–Crippen LogP) is 2.60. The minimum absolute atomic E-state index is 0.613. The molecule has 0 spiro atoms. The first kappa shape index (κ1) is 9.08. The number of allylic oxidation sites excluding steroid dienone is 1. The lowest BCUT2D eigenvalue weighted by Crippen LogP contribution is -2.15. The van der Waals surface area contributed by atoms with Gasteiger partial charge in [0.05, 0.1) is 6.61 Å². The van der Waals surface area contributed by atoms with Gasteiger partial charge in [0.25, 0.3) is 0 Å². The summed E-state index contributed by atoms with van der Waals surface area (Å²) >= 11 is 5.66. The summed E-state index contributed by atoms with van der Waals surface area (Å²) in [5.74, 6) is 1.26. The third-order valence-corrected chi connectivity index (χ3v) is 2.35. The maximum atomic E-state index is 5.66. The normalized spacial score (nSPS) is 27.1. The average Bonchev–Trinajstić information content (AvgIpc) is 2.06. The molecule has 1 aliphatic heterocycles. The number of hydrogen-bond donors (Lipinski definition) is 0. The van der Waals surface area contributed by atoms with E-state index in [1.807, 2.05) is 0 Å². The Kier molecular flexibility index (Phi) is 3.95. The molecule has 0 bridgehead atoms. The van der Waals surface area contributed by atoms with Crippen molar-refractivity contribution < 1.29 is 4.74 Å². The van der Waals surface area contributed by atoms with Crippen LogP contribution in [0.4, 0.5) is 0 Å². The lowest BCUT2D eigenvalue weighted by Gasteiger charge is -2.19. The van der Waals surface area contributed by atoms with Gasteiger partial charge in [0, 0.05) is 18.4 Å². The predicted molar refractivity (Wildman–Crippen MR) is 48.0 cm³/mol. The second-order valence-corrected chi connectivity index (χ2v) is 3.39. The highest BCUT2D eigenvalue weighted by Gasteiger charge is 2.10. The van der Waals surface area contributed by atoms with Crippen molar-refractivity contribution in [3.63, 3.8) is 0 Å². The maximum absolute atomic E-state index is 5.66. The van der Waals surface area contributed by atoms with E-state index in [-0.39, 0.29) is 0 Å². The molecule has 2 heteroatoms. The second kappa shape index (κ2) is 4.78. The third kappa shape index (κ3) is 3.26. The molecule has 0 aromatic rings. The van der Waals surface area contributed by atoms with Crippen LogP contribution in [0.3, 0.4) is 0 Å². The van der Waals surface area contributed by atoms with Gasteiger partial charge < -0.3 is 4.74 Å². The van der Waals surface area contributed by atoms with E-state index in [0.717, 1.165) is 13.2 Å². The smallest absolute Gasteiger partial charge is 0.0528 e. The van der Waals surface area contributed by atoms with Gasteiger partial charge in [0.2, 0.25) is 0 Å². The molecule has 0 amide bonds. The van der Waals surface area contributed by atoms with Crippen LogP contribution in [0.25, 0.3) is 0 Å². The molecule has 1 fully saturated rings. The standard InChI is InChI=1S/C9H15ClO/c1-8(6-10)5-9-3-2-4-11-7-9/h5,9H,2-4,6-7H2,1H3. The summed E-state index contributed by atoms with van der Waals surface area (Å²) in [7, 11) is 0. The summed E-state index contributed by atoms with van der Waals surface area (Å²) in [5.41, 5.74) is 1.27. The van der Waals surface area contributed by atoms with Crippen LogP contribution >= 0.6 is 11.6 Å². The fourth-order valence-electron chi connectivity index (χ4n) is 1.34. The molecule has 1 rings (SSSR count). The molecule has 1 unspecified atom stereocenters. The van der Waals surface area contributed by atoms with Gasteiger partial charge in [-0.15, -0.1) is 11.6 Å². The second-order valence-electron chi connectivity index (χ2n) is 3.12. The van der Waals surface area contributed by atoms with Gasteiger partial charge in [-0.25, -0.2) is 0 Å². The Labute approximate surface area is 73.4 Å². The van der Waals surface area contributed by atoms with Crippen molar-refractivity contribution in [3.8, 4) is 0 Å². The molecule has 0 aromatic heterocycles. The van der Waals surface area contributed by atoms with Crippen molar-refractivity contribution in [1.82, 2.24) is 0 Å². The molecule has 0 N–H and O–H groups in total. The van der Waals surface area contributed by atoms with Crippen LogP contribution < -0.4 is 0 Å². The van der Waals surface area contributed by atoms with Crippen molar-refractivity contribution >= 4 is 11.6 Å². The minimum atomic E-state index is 0.613. The largest absolute Gasteiger partial charge is 0.381 e. The number of hydrogen-bond acceptors (Lipinski definition) is 1. The van der Waals surface area contributed by atoms with E-state index < -0.39 is 0 Å². The molecule has 0 radical (unpaired) electrons. The van der Waals surface area contributed by atoms with Crippen molar-refractivity contribution in [2.24, 2.45) is 5.92 Å². The summed E-state index contributed by atoms with van der Waals surface area (Å²) < 4.78 is 5.34. The zero-order valence-corrected chi connectivity index (χ0v) is 7.73. The van der Waals surface area contributed by atoms with Crippen LogP contribution in [0.15, 0.2) is 11.6 Å². The van der Waals surface area contributed by atoms with Crippen molar-refractivity contribution in [1.29, 1.82) is 0 Å². The highest BCUT2D eigenvalue weighted by Crippen LogP contribution is 2.16. The van der Waals surface area contributed by atoms with Crippen molar-refractivity contribution in [2.45, 2.75) is 19.8 Å². The van der Waals surface area contributed by atoms with E-state index in [1.165, 1.54) is 18.4 Å². The number of halogens is 1. The number of rotatable bonds is 2. The van der Waals surface area contributed by atoms with Crippen LogP contribution in [0.1, 0.15) is 19.8 Å². The van der Waals surface area contributed by atoms with E-state index in [9.17, 15) is 0 Å². The van der Waals surface area contributed by atoms with E-state index in [4.69, 9.17) is 16.3 Å². The Morgan fingerprint density at radius 1 is 1.73 bits per heavy atom. The summed E-state index contributed by atoms with van der Waals surface area (Å²) in [6.07, 6.45) is 4.69. The van der Waals surface area contributed by atoms with Crippen LogP contribution in [-0.2, 0) is 4.74 Å². The van der Waals surface area contributed by atoms with E-state index in [2.05, 4.69) is 13.0 Å². The van der Waals surface area contributed by atoms with Crippen LogP contribution in [-0.4, -0.2) is 19.1 Å². The van der Waals surface area contributed by atoms with Crippen LogP contribution in [0.5, 0.6) is 0 Å². The summed E-state index contributed by atoms with van der Waals surface area (Å²) in [6.45, 7) is 3.89. The SMILES string of the molecule is CC(=CC1CCCOC1)CCl. The van der Waals surface area contributed by atoms with E-state index in [1.54, 1.807) is 0 Å². The Bertz CT molecular complexity index is 136. The first-order valence-corrected chi connectivity index (χ1v) is 4.67. The van der Waals surface area contributed by atoms with Crippen LogP contribution in [0.2, 0.25) is 0 Å². The molecule has 0 aliphatic carbocycles. The Morgan fingerprint density at radius 2 is 2.55 bits per heavy atom. The molecule has 1 nitrogen and oxygen atoms in total. The van der Waals surface area contributed by atoms with Crippen molar-refractivity contribution in [2.75, 3.05) is 19.1 Å². The van der Waals surface area contributed by atoms with E-state index in [0.29, 0.717) is 11.8 Å². The van der Waals surface area contributed by atoms with Gasteiger partial charge in [-0.05, 0) is 19.8 Å². The quantitative estimate of drug-likeness (QED) is 0.462. The zero-order valence-electron chi connectivity index (χ0n) is 6.98. The number of alkyl halides is 1. The molecular formula is C9H15ClO. The first-order chi connectivity index (χ1) is 5.33. The molecule has 1 atom stereocenters. The monoisotopic (exact) mass is 174 g/mol. The Hall–Kier alpha value is -0.0100. The summed E-state index contributed by atoms with van der Waals surface area (Å²) in [6, 6.07) is 0. The molecular weight excluding hydrogens is 160 g/mol. The molecule has 1 heterocycles. The molecule has 1 saturated heterocycles. The minimum Gasteiger partial charge on any atom is -0.381 e. The molecule has 0 saturated carbocycles. The molecule has 0 aromatic carbocycles. The lowest BCUT2D eigenvalue weighted by atomic mass is 10.0. The fraction of sp³-hybridized carbons (Fsp3) is 0.778. The Morgan fingerprint density at radius 3 is 3.09 bits per heavy atom. The van der Waals surface area contributed by atoms with Crippen molar-refractivity contribution in [3.05, 3.63) is 11.6 Å². The third-order valence-electron chi connectivity index (χ3n) is 1.93. The van der Waals surface area contributed by atoms with Gasteiger partial charge in [-0.3, -0.25) is 0 Å². The summed E-state index contributed by atoms with van der Waals surface area (Å²) in [4.78, 5) is 0. The lowest BCUT2D eigenvalue weighted by molar-refractivity contribution is 0.0708. The average molecular weight is 175 g/mol. The van der Waals surface area contributed by atoms with Gasteiger partial charge in [0.1, 0.15) is 0 Å². The highest BCUT2D eigenvalue weighted by atomic mass is 35.5. The summed E-state index contributed by atoms with van der Waals surface area (Å²) in [5, 5.41) is 0. The van der Waals surface area contributed by atoms with Crippen LogP contribution in [0, 0.1) is 5.92 Å². The first-order valence-electron chi connectivity index (χ1n) is 4.14. The molecule has 64 valence electrons. The van der Waals surface area contributed by atoms with Gasteiger partial charge >= 0.3 is 0 Å². The molecule has 11 heavy (non-hydrogen) atoms. The van der Waals surface area contributed by atoms with Gasteiger partial charge in [-0.2, -0.15) is 0 Å². The highest BCUT2D eigenvalue weighted by molar-refractivity contribution is 6.19. The van der Waals surface area contributed by atoms with Gasteiger partial charge in [-0.1, -0.05) is 11.6 Å². The van der Waals surface area contributed by atoms with E-state index >= 15 is 0 Å². The number of ether oxygens (including phenoxy) is 1. The molecule has 1 aliphatic rings. The fourth-order valence-corrected chi connectivity index (χ4v) is 1.43.